The number of nitrogens with one attached hydrogen (secondary N) is 2. The molecule has 2 heterocycles. The predicted octanol–water partition coefficient (Wildman–Crippen LogP) is 13.9. The second-order valence-corrected chi connectivity index (χ2v) is 32.3. The minimum Gasteiger partial charge on any atom is -0.493 e. The van der Waals surface area contributed by atoms with E-state index in [1.165, 1.54) is 0 Å². The minimum atomic E-state index is -2.84. The van der Waals surface area contributed by atoms with E-state index in [4.69, 9.17) is 55.0 Å². The number of amides is 2. The average molecular weight is 1290 g/mol. The molecule has 498 valence electrons. The lowest BCUT2D eigenvalue weighted by Gasteiger charge is -2.43. The molecule has 4 aromatic rings. The molecule has 0 bridgehead atoms. The van der Waals surface area contributed by atoms with Crippen molar-refractivity contribution >= 4 is 41.7 Å². The molecular weight excluding hydrogens is 1180 g/mol. The maximum absolute atomic E-state index is 16.4. The zero-order valence-corrected chi connectivity index (χ0v) is 59.2. The SMILES string of the molecule is CCO[Si](CCCNC(=O)OCCCOc1ccc(C2(C3(c4ccc(OCCCOC(=O)NCCC[Si](OCC)(OCC)OCC)cc4)C(=O)Oc4c(C(C)(C)C)cc(C(C)(C)C)cc43)C(=O)Oc3c(C(C)(C)C)cc(C(C)(C)C)cc32)cc1)(OCC)OCC. The van der Waals surface area contributed by atoms with Crippen LogP contribution in [0.5, 0.6) is 23.0 Å². The van der Waals surface area contributed by atoms with Gasteiger partial charge >= 0.3 is 41.7 Å². The molecule has 20 heteroatoms. The third kappa shape index (κ3) is 16.9. The van der Waals surface area contributed by atoms with Gasteiger partial charge in [-0.1, -0.05) is 119 Å². The summed E-state index contributed by atoms with van der Waals surface area (Å²) in [7, 11) is -5.69. The van der Waals surface area contributed by atoms with Crippen LogP contribution < -0.4 is 29.6 Å². The Bertz CT molecular complexity index is 2800. The van der Waals surface area contributed by atoms with Crippen molar-refractivity contribution in [2.24, 2.45) is 0 Å². The summed E-state index contributed by atoms with van der Waals surface area (Å²) in [6.07, 6.45) is 0.901. The van der Waals surface area contributed by atoms with E-state index in [-0.39, 0.29) is 26.4 Å². The normalized spacial score (nSPS) is 16.9. The number of carbonyl (C=O) groups is 4. The van der Waals surface area contributed by atoms with Gasteiger partial charge in [0.2, 0.25) is 0 Å². The van der Waals surface area contributed by atoms with Gasteiger partial charge in [-0.05, 0) is 135 Å². The van der Waals surface area contributed by atoms with Crippen LogP contribution in [0.4, 0.5) is 9.59 Å². The Balaban J connectivity index is 1.36. The van der Waals surface area contributed by atoms with Crippen molar-refractivity contribution in [2.45, 2.75) is 195 Å². The zero-order chi connectivity index (χ0) is 66.4. The van der Waals surface area contributed by atoms with Gasteiger partial charge in [-0.15, -0.1) is 0 Å². The predicted molar refractivity (Wildman–Crippen MR) is 352 cm³/mol. The highest BCUT2D eigenvalue weighted by Gasteiger charge is 2.73. The smallest absolute Gasteiger partial charge is 0.493 e. The average Bonchev–Trinajstić information content (AvgIpc) is 1.44. The zero-order valence-electron chi connectivity index (χ0n) is 57.2. The molecule has 2 aliphatic heterocycles. The van der Waals surface area contributed by atoms with E-state index < -0.39 is 74.2 Å². The Hall–Kier alpha value is -5.85. The maximum atomic E-state index is 16.4. The summed E-state index contributed by atoms with van der Waals surface area (Å²) < 4.78 is 72.9. The van der Waals surface area contributed by atoms with Gasteiger partial charge < -0.3 is 65.6 Å². The van der Waals surface area contributed by atoms with Crippen LogP contribution in [0.3, 0.4) is 0 Å². The van der Waals surface area contributed by atoms with Crippen molar-refractivity contribution in [3.05, 3.63) is 117 Å². The van der Waals surface area contributed by atoms with Crippen LogP contribution in [0.15, 0.2) is 72.8 Å². The highest BCUT2D eigenvalue weighted by molar-refractivity contribution is 6.61. The van der Waals surface area contributed by atoms with E-state index in [1.54, 1.807) is 24.3 Å². The number of rotatable bonds is 33. The summed E-state index contributed by atoms with van der Waals surface area (Å²) in [5, 5.41) is 5.63. The molecular formula is C70H104N2O16Si2. The molecule has 4 aromatic carbocycles. The van der Waals surface area contributed by atoms with Crippen molar-refractivity contribution in [2.75, 3.05) is 79.2 Å². The lowest BCUT2D eigenvalue weighted by Crippen LogP contribution is -2.58. The third-order valence-corrected chi connectivity index (χ3v) is 22.4. The Morgan fingerprint density at radius 2 is 0.744 bits per heavy atom. The Kier molecular flexibility index (Phi) is 25.4. The van der Waals surface area contributed by atoms with Crippen LogP contribution >= 0.6 is 0 Å². The summed E-state index contributed by atoms with van der Waals surface area (Å²) in [5.74, 6) is 0.514. The molecule has 0 aliphatic carbocycles. The van der Waals surface area contributed by atoms with Crippen LogP contribution in [0, 0.1) is 0 Å². The van der Waals surface area contributed by atoms with Gasteiger partial charge in [0.15, 0.2) is 0 Å². The summed E-state index contributed by atoms with van der Waals surface area (Å²) >= 11 is 0. The molecule has 2 aliphatic rings. The molecule has 0 spiro atoms. The maximum Gasteiger partial charge on any atom is 0.500 e. The molecule has 6 rings (SSSR count). The standard InChI is InChI=1S/C70H104N2O16Si2/c1-19-81-89(82-20-2,83-21-3)43-25-37-71-63(75)79-41-27-39-77-53-33-29-49(30-34-53)69(57-47-51(65(7,8)9)45-55(67(13,14)15)59(57)87-61(69)73)70(58-48-52(66(10,11)12)46-56(68(16,17)18)60(58)88-62(70)74)50-31-35-54(36-32-50)78-40-28-42-80-64(76)72-38-26-44-90(84-22-4,85-23-5)86-24-6/h29-36,45-48H,19-28,37-44H2,1-18H3,(H,71,75)(H,72,76). The van der Waals surface area contributed by atoms with E-state index in [9.17, 15) is 9.59 Å². The molecule has 0 radical (unpaired) electrons. The van der Waals surface area contributed by atoms with E-state index in [2.05, 4.69) is 118 Å². The summed E-state index contributed by atoms with van der Waals surface area (Å²) in [6.45, 7) is 41.1. The van der Waals surface area contributed by atoms with Crippen molar-refractivity contribution in [1.29, 1.82) is 0 Å². The van der Waals surface area contributed by atoms with Crippen LogP contribution in [-0.2, 0) is 78.1 Å². The van der Waals surface area contributed by atoms with Gasteiger partial charge in [-0.2, -0.15) is 0 Å². The third-order valence-electron chi connectivity index (χ3n) is 16.1. The fourth-order valence-corrected chi connectivity index (χ4v) is 17.0. The number of esters is 2. The number of ether oxygens (including phenoxy) is 6. The van der Waals surface area contributed by atoms with Gasteiger partial charge in [0.1, 0.15) is 33.8 Å². The molecule has 0 saturated carbocycles. The monoisotopic (exact) mass is 1280 g/mol. The summed E-state index contributed by atoms with van der Waals surface area (Å²) in [5.41, 5.74) is -0.117. The first-order chi connectivity index (χ1) is 42.5. The first-order valence-electron chi connectivity index (χ1n) is 32.4. The van der Waals surface area contributed by atoms with Crippen LogP contribution in [-0.4, -0.2) is 121 Å². The molecule has 0 fully saturated rings. The van der Waals surface area contributed by atoms with E-state index in [0.29, 0.717) is 136 Å². The summed E-state index contributed by atoms with van der Waals surface area (Å²) in [6, 6.07) is 24.1. The van der Waals surface area contributed by atoms with Crippen molar-refractivity contribution < 1.29 is 74.2 Å². The summed E-state index contributed by atoms with van der Waals surface area (Å²) in [4.78, 5) is 58.2. The van der Waals surface area contributed by atoms with E-state index in [0.717, 1.165) is 22.3 Å². The Morgan fingerprint density at radius 3 is 1.02 bits per heavy atom. The number of hydrogen-bond donors (Lipinski definition) is 2. The Labute approximate surface area is 538 Å². The highest BCUT2D eigenvalue weighted by atomic mass is 28.4. The largest absolute Gasteiger partial charge is 0.500 e. The van der Waals surface area contributed by atoms with Gasteiger partial charge in [-0.25, -0.2) is 9.59 Å². The number of alkyl carbamates (subject to hydrolysis) is 2. The van der Waals surface area contributed by atoms with Gasteiger partial charge in [-0.3, -0.25) is 9.59 Å². The first-order valence-corrected chi connectivity index (χ1v) is 36.3. The molecule has 2 N–H and O–H groups in total. The lowest BCUT2D eigenvalue weighted by atomic mass is 9.51. The second-order valence-electron chi connectivity index (χ2n) is 26.8. The van der Waals surface area contributed by atoms with Crippen LogP contribution in [0.25, 0.3) is 0 Å². The van der Waals surface area contributed by atoms with Crippen LogP contribution in [0.2, 0.25) is 12.1 Å². The van der Waals surface area contributed by atoms with Crippen LogP contribution in [0.1, 0.15) is 195 Å². The molecule has 2 unspecified atom stereocenters. The number of hydrogen-bond acceptors (Lipinski definition) is 16. The molecule has 90 heavy (non-hydrogen) atoms. The topological polar surface area (TPSA) is 203 Å². The van der Waals surface area contributed by atoms with Gasteiger partial charge in [0, 0.05) is 99.9 Å². The Morgan fingerprint density at radius 1 is 0.433 bits per heavy atom. The molecule has 0 aromatic heterocycles. The fourth-order valence-electron chi connectivity index (χ4n) is 11.8. The van der Waals surface area contributed by atoms with Gasteiger partial charge in [0.25, 0.3) is 0 Å². The lowest BCUT2D eigenvalue weighted by molar-refractivity contribution is -0.147. The fraction of sp³-hybridized carbons (Fsp3) is 0.600. The van der Waals surface area contributed by atoms with Crippen molar-refractivity contribution in [3.63, 3.8) is 0 Å². The van der Waals surface area contributed by atoms with E-state index >= 15 is 9.59 Å². The minimum absolute atomic E-state index is 0.107. The van der Waals surface area contributed by atoms with Crippen molar-refractivity contribution in [1.82, 2.24) is 10.6 Å². The second kappa shape index (κ2) is 31.2. The first kappa shape index (κ1) is 73.2. The number of fused-ring (bicyclic) bond motifs is 2. The number of benzene rings is 4. The molecule has 2 amide bonds. The number of carbonyl (C=O) groups excluding carboxylic acids is 4. The molecule has 18 nitrogen and oxygen atoms in total. The van der Waals surface area contributed by atoms with Gasteiger partial charge in [0.05, 0.1) is 26.4 Å². The highest BCUT2D eigenvalue weighted by Crippen LogP contribution is 2.65. The molecule has 2 atom stereocenters. The van der Waals surface area contributed by atoms with E-state index in [1.807, 2.05) is 65.8 Å². The molecule has 0 saturated heterocycles. The van der Waals surface area contributed by atoms with Crippen molar-refractivity contribution in [3.8, 4) is 23.0 Å². The quantitative estimate of drug-likeness (QED) is 0.0197.